The second-order valence-electron chi connectivity index (χ2n) is 5.65. The molecule has 1 unspecified atom stereocenters. The summed E-state index contributed by atoms with van der Waals surface area (Å²) in [7, 11) is 0. The summed E-state index contributed by atoms with van der Waals surface area (Å²) in [5.74, 6) is -1.63. The van der Waals surface area contributed by atoms with Crippen molar-refractivity contribution in [2.75, 3.05) is 6.54 Å². The van der Waals surface area contributed by atoms with Crippen molar-refractivity contribution >= 4 is 45.8 Å². The van der Waals surface area contributed by atoms with Gasteiger partial charge in [0.2, 0.25) is 0 Å². The number of halogens is 1. The van der Waals surface area contributed by atoms with Crippen molar-refractivity contribution in [1.82, 2.24) is 5.32 Å². The molecule has 0 saturated heterocycles. The van der Waals surface area contributed by atoms with Gasteiger partial charge in [-0.1, -0.05) is 20.8 Å². The van der Waals surface area contributed by atoms with Gasteiger partial charge >= 0.3 is 5.97 Å². The zero-order valence-electron chi connectivity index (χ0n) is 11.2. The molecule has 1 amide bonds. The van der Waals surface area contributed by atoms with E-state index in [-0.39, 0.29) is 17.9 Å². The molecular formula is C13H18INO3S. The highest BCUT2D eigenvalue weighted by atomic mass is 127. The standard InChI is InChI=1S/C13H18INO3S/c1-13(2,3)5-9(12(17)18)6-15-11(16)8-4-10(14)19-7-8/h4,7,9H,5-6H2,1-3H3,(H,15,16)(H,17,18). The van der Waals surface area contributed by atoms with Gasteiger partial charge in [0.05, 0.1) is 14.4 Å². The van der Waals surface area contributed by atoms with Crippen molar-refractivity contribution in [3.05, 3.63) is 19.9 Å². The molecule has 0 aliphatic rings. The van der Waals surface area contributed by atoms with Crippen LogP contribution in [-0.2, 0) is 4.79 Å². The second-order valence-corrected chi connectivity index (χ2v) is 8.45. The molecule has 0 aliphatic heterocycles. The van der Waals surface area contributed by atoms with Gasteiger partial charge in [0.15, 0.2) is 0 Å². The van der Waals surface area contributed by atoms with Crippen LogP contribution in [-0.4, -0.2) is 23.5 Å². The first-order valence-electron chi connectivity index (χ1n) is 5.94. The third-order valence-electron chi connectivity index (χ3n) is 2.55. The molecule has 1 rings (SSSR count). The third-order valence-corrected chi connectivity index (χ3v) is 4.34. The molecule has 0 bridgehead atoms. The van der Waals surface area contributed by atoms with Crippen LogP contribution >= 0.6 is 33.9 Å². The molecule has 1 heterocycles. The molecule has 1 atom stereocenters. The predicted octanol–water partition coefficient (Wildman–Crippen LogP) is 3.22. The topological polar surface area (TPSA) is 66.4 Å². The second kappa shape index (κ2) is 6.69. The molecule has 0 aromatic carbocycles. The van der Waals surface area contributed by atoms with Gasteiger partial charge in [0.25, 0.3) is 5.91 Å². The Bertz CT molecular complexity index is 465. The molecule has 0 radical (unpaired) electrons. The SMILES string of the molecule is CC(C)(C)CC(CNC(=O)c1csc(I)c1)C(=O)O. The van der Waals surface area contributed by atoms with E-state index in [0.717, 1.165) is 2.88 Å². The van der Waals surface area contributed by atoms with Crippen molar-refractivity contribution < 1.29 is 14.7 Å². The lowest BCUT2D eigenvalue weighted by atomic mass is 9.84. The smallest absolute Gasteiger partial charge is 0.308 e. The highest BCUT2D eigenvalue weighted by Crippen LogP contribution is 2.24. The van der Waals surface area contributed by atoms with Crippen LogP contribution in [0.15, 0.2) is 11.4 Å². The Balaban J connectivity index is 2.57. The summed E-state index contributed by atoms with van der Waals surface area (Å²) in [6.45, 7) is 6.14. The van der Waals surface area contributed by atoms with Crippen LogP contribution in [0.25, 0.3) is 0 Å². The Morgan fingerprint density at radius 2 is 2.11 bits per heavy atom. The minimum absolute atomic E-state index is 0.0778. The molecule has 1 aromatic heterocycles. The molecular weight excluding hydrogens is 377 g/mol. The molecule has 0 saturated carbocycles. The van der Waals surface area contributed by atoms with Gasteiger partial charge < -0.3 is 10.4 Å². The lowest BCUT2D eigenvalue weighted by molar-refractivity contribution is -0.142. The van der Waals surface area contributed by atoms with Crippen molar-refractivity contribution in [3.8, 4) is 0 Å². The van der Waals surface area contributed by atoms with Crippen LogP contribution in [0.1, 0.15) is 37.6 Å². The van der Waals surface area contributed by atoms with E-state index in [0.29, 0.717) is 12.0 Å². The van der Waals surface area contributed by atoms with E-state index < -0.39 is 11.9 Å². The quantitative estimate of drug-likeness (QED) is 0.753. The maximum absolute atomic E-state index is 11.8. The van der Waals surface area contributed by atoms with Crippen molar-refractivity contribution in [2.45, 2.75) is 27.2 Å². The van der Waals surface area contributed by atoms with E-state index in [1.807, 2.05) is 20.8 Å². The monoisotopic (exact) mass is 395 g/mol. The number of hydrogen-bond donors (Lipinski definition) is 2. The van der Waals surface area contributed by atoms with Gasteiger partial charge in [-0.2, -0.15) is 0 Å². The summed E-state index contributed by atoms with van der Waals surface area (Å²) in [5, 5.41) is 13.6. The Hall–Kier alpha value is -0.630. The summed E-state index contributed by atoms with van der Waals surface area (Å²) in [5.41, 5.74) is 0.514. The predicted molar refractivity (Wildman–Crippen MR) is 84.6 cm³/mol. The first kappa shape index (κ1) is 16.4. The number of aliphatic carboxylic acids is 1. The van der Waals surface area contributed by atoms with E-state index in [1.54, 1.807) is 11.4 Å². The summed E-state index contributed by atoms with van der Waals surface area (Å²) >= 11 is 3.64. The highest BCUT2D eigenvalue weighted by Gasteiger charge is 2.25. The van der Waals surface area contributed by atoms with Crippen LogP contribution in [0.2, 0.25) is 0 Å². The zero-order chi connectivity index (χ0) is 14.6. The first-order chi connectivity index (χ1) is 8.69. The number of rotatable bonds is 5. The average molecular weight is 395 g/mol. The van der Waals surface area contributed by atoms with E-state index in [2.05, 4.69) is 27.9 Å². The maximum Gasteiger partial charge on any atom is 0.308 e. The van der Waals surface area contributed by atoms with Gasteiger partial charge in [0.1, 0.15) is 0 Å². The largest absolute Gasteiger partial charge is 0.481 e. The van der Waals surface area contributed by atoms with Gasteiger partial charge in [-0.25, -0.2) is 0 Å². The molecule has 4 nitrogen and oxygen atoms in total. The number of carboxylic acids is 1. The van der Waals surface area contributed by atoms with E-state index >= 15 is 0 Å². The first-order valence-corrected chi connectivity index (χ1v) is 7.90. The highest BCUT2D eigenvalue weighted by molar-refractivity contribution is 14.1. The zero-order valence-corrected chi connectivity index (χ0v) is 14.2. The van der Waals surface area contributed by atoms with Crippen LogP contribution < -0.4 is 5.32 Å². The fraction of sp³-hybridized carbons (Fsp3) is 0.538. The summed E-state index contributed by atoms with van der Waals surface area (Å²) < 4.78 is 1.03. The van der Waals surface area contributed by atoms with Crippen LogP contribution in [0.3, 0.4) is 0 Å². The molecule has 19 heavy (non-hydrogen) atoms. The number of carbonyl (C=O) groups excluding carboxylic acids is 1. The number of thiophene rings is 1. The minimum atomic E-state index is -0.866. The fourth-order valence-corrected chi connectivity index (χ4v) is 3.06. The van der Waals surface area contributed by atoms with Gasteiger partial charge in [0, 0.05) is 11.9 Å². The number of hydrogen-bond acceptors (Lipinski definition) is 3. The minimum Gasteiger partial charge on any atom is -0.481 e. The molecule has 106 valence electrons. The van der Waals surface area contributed by atoms with Crippen molar-refractivity contribution in [3.63, 3.8) is 0 Å². The summed E-state index contributed by atoms with van der Waals surface area (Å²) in [6.07, 6.45) is 0.532. The Morgan fingerprint density at radius 3 is 2.53 bits per heavy atom. The third kappa shape index (κ3) is 5.90. The Labute approximate surface area is 130 Å². The van der Waals surface area contributed by atoms with E-state index in [1.165, 1.54) is 11.3 Å². The average Bonchev–Trinajstić information content (AvgIpc) is 2.68. The molecule has 0 fully saturated rings. The Kier molecular flexibility index (Phi) is 5.79. The van der Waals surface area contributed by atoms with Gasteiger partial charge in [-0.15, -0.1) is 11.3 Å². The summed E-state index contributed by atoms with van der Waals surface area (Å²) in [6, 6.07) is 1.79. The number of amides is 1. The lowest BCUT2D eigenvalue weighted by Crippen LogP contribution is -2.34. The Morgan fingerprint density at radius 1 is 1.47 bits per heavy atom. The number of carbonyl (C=O) groups is 2. The molecule has 0 spiro atoms. The molecule has 0 aliphatic carbocycles. The lowest BCUT2D eigenvalue weighted by Gasteiger charge is -2.23. The van der Waals surface area contributed by atoms with Crippen LogP contribution in [0, 0.1) is 14.2 Å². The maximum atomic E-state index is 11.8. The number of carboxylic acid groups (broad SMARTS) is 1. The van der Waals surface area contributed by atoms with Crippen LogP contribution in [0.4, 0.5) is 0 Å². The molecule has 6 heteroatoms. The normalized spacial score (nSPS) is 13.1. The van der Waals surface area contributed by atoms with E-state index in [9.17, 15) is 14.7 Å². The number of nitrogens with one attached hydrogen (secondary N) is 1. The van der Waals surface area contributed by atoms with Gasteiger partial charge in [-0.05, 0) is 40.5 Å². The molecule has 1 aromatic rings. The fourth-order valence-electron chi connectivity index (χ4n) is 1.73. The van der Waals surface area contributed by atoms with Crippen molar-refractivity contribution in [1.29, 1.82) is 0 Å². The summed E-state index contributed by atoms with van der Waals surface area (Å²) in [4.78, 5) is 23.0. The van der Waals surface area contributed by atoms with E-state index in [4.69, 9.17) is 0 Å². The molecule has 2 N–H and O–H groups in total. The van der Waals surface area contributed by atoms with Crippen molar-refractivity contribution in [2.24, 2.45) is 11.3 Å². The van der Waals surface area contributed by atoms with Gasteiger partial charge in [-0.3, -0.25) is 9.59 Å². The van der Waals surface area contributed by atoms with Crippen LogP contribution in [0.5, 0.6) is 0 Å².